The molecule has 166 valence electrons. The summed E-state index contributed by atoms with van der Waals surface area (Å²) in [4.78, 5) is 23.9. The normalized spacial score (nSPS) is 23.4. The average Bonchev–Trinajstić information content (AvgIpc) is 3.52. The molecule has 0 unspecified atom stereocenters. The Balaban J connectivity index is 1.92. The van der Waals surface area contributed by atoms with Crippen LogP contribution in [0.5, 0.6) is 5.75 Å². The summed E-state index contributed by atoms with van der Waals surface area (Å²) in [5.74, 6) is -4.56. The fourth-order valence-corrected chi connectivity index (χ4v) is 5.19. The van der Waals surface area contributed by atoms with E-state index in [1.54, 1.807) is 24.3 Å². The van der Waals surface area contributed by atoms with Crippen molar-refractivity contribution in [2.45, 2.75) is 43.8 Å². The first-order chi connectivity index (χ1) is 14.1. The predicted octanol–water partition coefficient (Wildman–Crippen LogP) is 1.30. The maximum absolute atomic E-state index is 15.1. The topological polar surface area (TPSA) is 102 Å². The second-order valence-corrected chi connectivity index (χ2v) is 9.24. The number of hydrogen-bond donors (Lipinski definition) is 1. The Bertz CT molecular complexity index is 902. The zero-order valence-electron chi connectivity index (χ0n) is 16.6. The molecule has 1 heterocycles. The summed E-state index contributed by atoms with van der Waals surface area (Å²) >= 11 is 0. The van der Waals surface area contributed by atoms with Crippen molar-refractivity contribution in [1.29, 1.82) is 0 Å². The van der Waals surface area contributed by atoms with E-state index in [1.165, 1.54) is 7.11 Å². The molecule has 11 heteroatoms. The number of alkyl halides is 2. The fraction of sp³-hybridized carbons (Fsp3) is 0.579. The number of benzene rings is 1. The van der Waals surface area contributed by atoms with Gasteiger partial charge in [-0.1, -0.05) is 12.1 Å². The molecule has 8 nitrogen and oxygen atoms in total. The molecule has 2 atom stereocenters. The zero-order valence-corrected chi connectivity index (χ0v) is 17.5. The summed E-state index contributed by atoms with van der Waals surface area (Å²) < 4.78 is 66.4. The van der Waals surface area contributed by atoms with Gasteiger partial charge in [0.05, 0.1) is 26.7 Å². The molecule has 30 heavy (non-hydrogen) atoms. The fourth-order valence-electron chi connectivity index (χ4n) is 3.43. The van der Waals surface area contributed by atoms with Gasteiger partial charge in [0, 0.05) is 19.0 Å². The van der Waals surface area contributed by atoms with Crippen LogP contribution < -0.4 is 10.1 Å². The van der Waals surface area contributed by atoms with Gasteiger partial charge < -0.3 is 14.8 Å². The third-order valence-corrected chi connectivity index (χ3v) is 7.23. The maximum Gasteiger partial charge on any atom is 0.307 e. The molecule has 2 aliphatic rings. The highest BCUT2D eigenvalue weighted by molar-refractivity contribution is 8.04. The number of hydrogen-bond acceptors (Lipinski definition) is 7. The number of halogens is 2. The van der Waals surface area contributed by atoms with E-state index in [1.807, 2.05) is 0 Å². The van der Waals surface area contributed by atoms with Gasteiger partial charge in [0.1, 0.15) is 11.8 Å². The third kappa shape index (κ3) is 4.47. The van der Waals surface area contributed by atoms with Crippen molar-refractivity contribution in [1.82, 2.24) is 9.62 Å². The monoisotopic (exact) mass is 446 g/mol. The lowest BCUT2D eigenvalue weighted by molar-refractivity contribution is -0.144. The quantitative estimate of drug-likeness (QED) is 0.601. The lowest BCUT2D eigenvalue weighted by atomic mass is 10.0. The molecule has 0 bridgehead atoms. The van der Waals surface area contributed by atoms with Gasteiger partial charge in [0.15, 0.2) is 0 Å². The van der Waals surface area contributed by atoms with E-state index in [9.17, 15) is 18.0 Å². The molecule has 0 spiro atoms. The van der Waals surface area contributed by atoms with Crippen molar-refractivity contribution >= 4 is 21.1 Å². The zero-order chi connectivity index (χ0) is 22.1. The number of methoxy groups -OCH3 is 2. The van der Waals surface area contributed by atoms with Gasteiger partial charge in [-0.2, -0.15) is 4.31 Å². The molecule has 0 aromatic heterocycles. The molecule has 0 radical (unpaired) electrons. The van der Waals surface area contributed by atoms with Gasteiger partial charge in [-0.05, 0) is 30.5 Å². The summed E-state index contributed by atoms with van der Waals surface area (Å²) in [6.45, 7) is -0.806. The van der Waals surface area contributed by atoms with Crippen molar-refractivity contribution in [2.75, 3.05) is 20.8 Å². The Morgan fingerprint density at radius 1 is 1.20 bits per heavy atom. The number of rotatable bonds is 8. The van der Waals surface area contributed by atoms with Crippen LogP contribution in [0.2, 0.25) is 0 Å². The van der Waals surface area contributed by atoms with Crippen LogP contribution in [-0.4, -0.2) is 62.6 Å². The van der Waals surface area contributed by atoms with Crippen molar-refractivity contribution in [3.05, 3.63) is 29.8 Å². The summed E-state index contributed by atoms with van der Waals surface area (Å²) in [6.07, 6.45) is 0.240. The SMILES string of the molecule is COC(=O)C[C@H]1NC[C@@H](N(Cc2ccc(OC)cc2)S(=O)(=O)C(=O)C2CC2)C1(F)F. The molecular formula is C19H24F2N2O6S. The standard InChI is InChI=1S/C19H24F2N2O6S/c1-28-14-7-3-12(4-8-14)11-23(30(26,27)18(25)13-5-6-13)16-10-22-15(19(16,20)21)9-17(24)29-2/h3-4,7-8,13,15-16,22H,5-6,9-11H2,1-2H3/t15-,16-/m1/s1. The van der Waals surface area contributed by atoms with Crippen LogP contribution in [0.1, 0.15) is 24.8 Å². The molecule has 1 aliphatic heterocycles. The minimum absolute atomic E-state index is 0.401. The molecule has 2 fully saturated rings. The van der Waals surface area contributed by atoms with Gasteiger partial charge in [-0.15, -0.1) is 0 Å². The molecule has 1 saturated carbocycles. The minimum Gasteiger partial charge on any atom is -0.497 e. The number of carbonyl (C=O) groups is 2. The van der Waals surface area contributed by atoms with Gasteiger partial charge >= 0.3 is 5.97 Å². The molecule has 1 N–H and O–H groups in total. The van der Waals surface area contributed by atoms with Gasteiger partial charge in [-0.3, -0.25) is 9.59 Å². The first kappa shape index (κ1) is 22.6. The van der Waals surface area contributed by atoms with Crippen molar-refractivity contribution < 1.29 is 36.3 Å². The lowest BCUT2D eigenvalue weighted by Crippen LogP contribution is -2.53. The van der Waals surface area contributed by atoms with Gasteiger partial charge in [-0.25, -0.2) is 17.2 Å². The molecule has 0 amide bonds. The highest BCUT2D eigenvalue weighted by Crippen LogP contribution is 2.39. The van der Waals surface area contributed by atoms with Gasteiger partial charge in [0.25, 0.3) is 21.1 Å². The second kappa shape index (κ2) is 8.56. The largest absolute Gasteiger partial charge is 0.497 e. The molecule has 3 rings (SSSR count). The number of esters is 1. The van der Waals surface area contributed by atoms with Crippen LogP contribution in [0, 0.1) is 5.92 Å². The van der Waals surface area contributed by atoms with E-state index in [0.717, 1.165) is 7.11 Å². The summed E-state index contributed by atoms with van der Waals surface area (Å²) in [5, 5.41) is 1.48. The van der Waals surface area contributed by atoms with E-state index in [-0.39, 0.29) is 0 Å². The molecular weight excluding hydrogens is 422 g/mol. The van der Waals surface area contributed by atoms with E-state index in [0.29, 0.717) is 28.5 Å². The van der Waals surface area contributed by atoms with E-state index in [4.69, 9.17) is 4.74 Å². The minimum atomic E-state index is -4.64. The molecule has 1 aliphatic carbocycles. The number of nitrogens with zero attached hydrogens (tertiary/aromatic N) is 1. The second-order valence-electron chi connectivity index (χ2n) is 7.42. The summed E-state index contributed by atoms with van der Waals surface area (Å²) in [6, 6.07) is 2.84. The van der Waals surface area contributed by atoms with Crippen molar-refractivity contribution in [2.24, 2.45) is 5.92 Å². The van der Waals surface area contributed by atoms with Crippen LogP contribution in [0.15, 0.2) is 24.3 Å². The van der Waals surface area contributed by atoms with Crippen LogP contribution in [-0.2, 0) is 30.9 Å². The van der Waals surface area contributed by atoms with Crippen molar-refractivity contribution in [3.8, 4) is 5.75 Å². The van der Waals surface area contributed by atoms with E-state index < -0.39 is 64.5 Å². The number of nitrogens with one attached hydrogen (secondary N) is 1. The predicted molar refractivity (Wildman–Crippen MR) is 102 cm³/mol. The third-order valence-electron chi connectivity index (χ3n) is 5.38. The number of sulfonamides is 1. The molecule has 1 aromatic rings. The number of ether oxygens (including phenoxy) is 2. The maximum atomic E-state index is 15.1. The summed E-state index contributed by atoms with van der Waals surface area (Å²) in [7, 11) is -2.09. The lowest BCUT2D eigenvalue weighted by Gasteiger charge is -2.32. The summed E-state index contributed by atoms with van der Waals surface area (Å²) in [5.41, 5.74) is 0.426. The highest BCUT2D eigenvalue weighted by atomic mass is 32.2. The van der Waals surface area contributed by atoms with Crippen LogP contribution >= 0.6 is 0 Å². The van der Waals surface area contributed by atoms with Crippen LogP contribution in [0.3, 0.4) is 0 Å². The number of carbonyl (C=O) groups excluding carboxylic acids is 2. The first-order valence-electron chi connectivity index (χ1n) is 9.48. The Labute approximate surface area is 173 Å². The molecule has 1 saturated heterocycles. The van der Waals surface area contributed by atoms with Crippen LogP contribution in [0.25, 0.3) is 0 Å². The van der Waals surface area contributed by atoms with Crippen LogP contribution in [0.4, 0.5) is 8.78 Å². The van der Waals surface area contributed by atoms with E-state index >= 15 is 8.78 Å². The van der Waals surface area contributed by atoms with Crippen molar-refractivity contribution in [3.63, 3.8) is 0 Å². The first-order valence-corrected chi connectivity index (χ1v) is 10.9. The smallest absolute Gasteiger partial charge is 0.307 e. The van der Waals surface area contributed by atoms with Gasteiger partial charge in [0.2, 0.25) is 0 Å². The Morgan fingerprint density at radius 2 is 1.83 bits per heavy atom. The average molecular weight is 446 g/mol. The Kier molecular flexibility index (Phi) is 6.44. The Hall–Kier alpha value is -2.11. The van der Waals surface area contributed by atoms with E-state index in [2.05, 4.69) is 10.1 Å². The Morgan fingerprint density at radius 3 is 2.37 bits per heavy atom. The molecule has 1 aromatic carbocycles. The highest BCUT2D eigenvalue weighted by Gasteiger charge is 2.58.